The summed E-state index contributed by atoms with van der Waals surface area (Å²) in [6.45, 7) is 25.8. The van der Waals surface area contributed by atoms with Crippen LogP contribution in [0.1, 0.15) is 114 Å². The van der Waals surface area contributed by atoms with Crippen molar-refractivity contribution in [3.05, 3.63) is 0 Å². The van der Waals surface area contributed by atoms with Gasteiger partial charge in [0.25, 0.3) is 0 Å². The molecule has 0 aromatic heterocycles. The van der Waals surface area contributed by atoms with Gasteiger partial charge in [-0.05, 0) is 84.4 Å². The van der Waals surface area contributed by atoms with Gasteiger partial charge in [0, 0.05) is 24.9 Å². The van der Waals surface area contributed by atoms with E-state index >= 15 is 0 Å². The van der Waals surface area contributed by atoms with E-state index in [1.807, 2.05) is 34.7 Å². The van der Waals surface area contributed by atoms with E-state index in [-0.39, 0.29) is 71.4 Å². The molecule has 0 saturated carbocycles. The Kier molecular flexibility index (Phi) is 13.6. The summed E-state index contributed by atoms with van der Waals surface area (Å²) in [7, 11) is 1.19. The first-order valence-corrected chi connectivity index (χ1v) is 19.7. The Labute approximate surface area is 264 Å². The van der Waals surface area contributed by atoms with E-state index in [0.717, 1.165) is 44.9 Å². The van der Waals surface area contributed by atoms with E-state index in [0.29, 0.717) is 0 Å². The van der Waals surface area contributed by atoms with Crippen LogP contribution in [0.25, 0.3) is 0 Å². The van der Waals surface area contributed by atoms with Gasteiger partial charge in [-0.15, -0.1) is 0 Å². The summed E-state index contributed by atoms with van der Waals surface area (Å²) in [5.41, 5.74) is -0.525. The van der Waals surface area contributed by atoms with E-state index in [1.165, 1.54) is 7.11 Å². The quantitative estimate of drug-likeness (QED) is 0.151. The van der Waals surface area contributed by atoms with Crippen molar-refractivity contribution in [2.45, 2.75) is 174 Å². The maximum Gasteiger partial charge on any atom is 0.410 e. The van der Waals surface area contributed by atoms with Gasteiger partial charge >= 0.3 is 12.1 Å². The molecule has 0 radical (unpaired) electrons. The van der Waals surface area contributed by atoms with Crippen LogP contribution in [-0.4, -0.2) is 81.6 Å². The van der Waals surface area contributed by atoms with E-state index in [9.17, 15) is 9.59 Å². The Balaban J connectivity index is 2.19. The van der Waals surface area contributed by atoms with Crippen molar-refractivity contribution in [1.29, 1.82) is 0 Å². The second kappa shape index (κ2) is 15.4. The molecule has 0 N–H and O–H groups in total. The largest absolute Gasteiger partial charge is 0.469 e. The molecule has 9 heteroatoms. The minimum Gasteiger partial charge on any atom is -0.469 e. The summed E-state index contributed by atoms with van der Waals surface area (Å²) in [4.78, 5) is 26.8. The molecule has 0 aliphatic carbocycles. The Morgan fingerprint density at radius 3 is 1.95 bits per heavy atom. The molecule has 2 heterocycles. The van der Waals surface area contributed by atoms with E-state index in [1.54, 1.807) is 4.90 Å². The first kappa shape index (κ1) is 38.0. The molecule has 2 rings (SSSR count). The van der Waals surface area contributed by atoms with Gasteiger partial charge in [0.1, 0.15) is 5.60 Å². The number of carbonyl (C=O) groups is 2. The zero-order chi connectivity index (χ0) is 32.9. The summed E-state index contributed by atoms with van der Waals surface area (Å²) < 4.78 is 31.2. The Morgan fingerprint density at radius 1 is 0.907 bits per heavy atom. The number of methoxy groups -OCH3 is 1. The van der Waals surface area contributed by atoms with Gasteiger partial charge < -0.3 is 28.3 Å². The van der Waals surface area contributed by atoms with Gasteiger partial charge in [-0.1, -0.05) is 48.0 Å². The van der Waals surface area contributed by atoms with Crippen LogP contribution in [0, 0.1) is 17.8 Å². The molecule has 1 amide bonds. The lowest BCUT2D eigenvalue weighted by atomic mass is 9.84. The highest BCUT2D eigenvalue weighted by molar-refractivity contribution is 6.74. The van der Waals surface area contributed by atoms with Gasteiger partial charge in [-0.3, -0.25) is 4.79 Å². The summed E-state index contributed by atoms with van der Waals surface area (Å²) in [5.74, 6) is -0.186. The number of amides is 1. The Morgan fingerprint density at radius 2 is 1.44 bits per heavy atom. The maximum atomic E-state index is 12.9. The lowest BCUT2D eigenvalue weighted by Crippen LogP contribution is -2.51. The van der Waals surface area contributed by atoms with Gasteiger partial charge in [-0.25, -0.2) is 4.79 Å². The third kappa shape index (κ3) is 10.4. The summed E-state index contributed by atoms with van der Waals surface area (Å²) in [6.07, 6.45) is 6.13. The van der Waals surface area contributed by atoms with Crippen molar-refractivity contribution < 1.29 is 33.0 Å². The molecule has 0 aromatic rings. The van der Waals surface area contributed by atoms with E-state index in [2.05, 4.69) is 54.6 Å². The molecule has 9 atom stereocenters. The molecule has 8 nitrogen and oxygen atoms in total. The molecule has 2 aliphatic heterocycles. The van der Waals surface area contributed by atoms with Crippen molar-refractivity contribution >= 4 is 20.4 Å². The van der Waals surface area contributed by atoms with Crippen LogP contribution in [0.15, 0.2) is 0 Å². The highest BCUT2D eigenvalue weighted by Crippen LogP contribution is 2.43. The highest BCUT2D eigenvalue weighted by Gasteiger charge is 2.47. The van der Waals surface area contributed by atoms with Crippen LogP contribution in [0.3, 0.4) is 0 Å². The second-order valence-corrected chi connectivity index (χ2v) is 20.6. The first-order valence-electron chi connectivity index (χ1n) is 16.7. The molecule has 0 aromatic carbocycles. The molecule has 0 bridgehead atoms. The van der Waals surface area contributed by atoms with Crippen LogP contribution < -0.4 is 0 Å². The number of carbonyl (C=O) groups excluding carboxylic acids is 2. The molecule has 0 unspecified atom stereocenters. The average Bonchev–Trinajstić information content (AvgIpc) is 3.58. The topological polar surface area (TPSA) is 83.5 Å². The zero-order valence-electron chi connectivity index (χ0n) is 30.0. The monoisotopic (exact) mass is 627 g/mol. The first-order chi connectivity index (χ1) is 19.7. The molecule has 252 valence electrons. The third-order valence-corrected chi connectivity index (χ3v) is 14.7. The van der Waals surface area contributed by atoms with Gasteiger partial charge in [0.2, 0.25) is 0 Å². The standard InChI is InChI=1S/C34H65NO7Si/c1-15-16-25(35(11)32(37)41-33(5,6)7)21-26-17-18-27(39-26)22(2)30(42-43(13,14)34(8,9)10)23(3)28-19-20-29(40-28)24(4)31(36)38-12/h22-30H,15-21H2,1-14H3/t22-,23-,24-,25-,26+,27-,28+,29-,30+/m1/s1. The fourth-order valence-electron chi connectivity index (χ4n) is 6.30. The highest BCUT2D eigenvalue weighted by atomic mass is 28.4. The van der Waals surface area contributed by atoms with Crippen LogP contribution >= 0.6 is 0 Å². The second-order valence-electron chi connectivity index (χ2n) is 15.8. The number of nitrogens with zero attached hydrogens (tertiary/aromatic N) is 1. The molecule has 2 saturated heterocycles. The molecule has 0 spiro atoms. The number of hydrogen-bond donors (Lipinski definition) is 0. The molecule has 43 heavy (non-hydrogen) atoms. The Hall–Kier alpha value is -1.16. The van der Waals surface area contributed by atoms with E-state index < -0.39 is 13.9 Å². The number of esters is 1. The minimum absolute atomic E-state index is 0.0166. The van der Waals surface area contributed by atoms with Crippen LogP contribution in [0.5, 0.6) is 0 Å². The number of rotatable bonds is 13. The summed E-state index contributed by atoms with van der Waals surface area (Å²) in [6, 6.07) is 0.0673. The maximum absolute atomic E-state index is 12.9. The van der Waals surface area contributed by atoms with Gasteiger partial charge in [-0.2, -0.15) is 0 Å². The molecule has 2 fully saturated rings. The van der Waals surface area contributed by atoms with Gasteiger partial charge in [0.15, 0.2) is 8.32 Å². The smallest absolute Gasteiger partial charge is 0.410 e. The normalized spacial score (nSPS) is 26.8. The molecule has 2 aliphatic rings. The SMILES string of the molecule is CCC[C@H](C[C@@H]1CC[C@H]([C@@H](C)[C@H](O[Si](C)(C)C(C)(C)C)[C@H](C)[C@@H]2CC[C@H]([C@@H](C)C(=O)OC)O2)O1)N(C)C(=O)OC(C)(C)C. The predicted octanol–water partition coefficient (Wildman–Crippen LogP) is 7.98. The van der Waals surface area contributed by atoms with E-state index in [4.69, 9.17) is 23.4 Å². The van der Waals surface area contributed by atoms with Crippen molar-refractivity contribution in [1.82, 2.24) is 4.90 Å². The summed E-state index contributed by atoms with van der Waals surface area (Å²) >= 11 is 0. The van der Waals surface area contributed by atoms with Crippen molar-refractivity contribution in [2.75, 3.05) is 14.2 Å². The predicted molar refractivity (Wildman–Crippen MR) is 175 cm³/mol. The summed E-state index contributed by atoms with van der Waals surface area (Å²) in [5, 5.41) is 0.0713. The average molecular weight is 628 g/mol. The fourth-order valence-corrected chi connectivity index (χ4v) is 7.76. The fraction of sp³-hybridized carbons (Fsp3) is 0.941. The van der Waals surface area contributed by atoms with Crippen molar-refractivity contribution in [3.8, 4) is 0 Å². The van der Waals surface area contributed by atoms with Crippen LogP contribution in [-0.2, 0) is 28.2 Å². The molecular formula is C34H65NO7Si. The van der Waals surface area contributed by atoms with Crippen molar-refractivity contribution in [3.63, 3.8) is 0 Å². The van der Waals surface area contributed by atoms with Crippen LogP contribution in [0.2, 0.25) is 18.1 Å². The number of ether oxygens (including phenoxy) is 4. The van der Waals surface area contributed by atoms with Gasteiger partial charge in [0.05, 0.1) is 43.5 Å². The minimum atomic E-state index is -2.10. The van der Waals surface area contributed by atoms with Crippen LogP contribution in [0.4, 0.5) is 4.79 Å². The zero-order valence-corrected chi connectivity index (χ0v) is 31.0. The third-order valence-electron chi connectivity index (χ3n) is 10.2. The lowest BCUT2D eigenvalue weighted by Gasteiger charge is -2.45. The van der Waals surface area contributed by atoms with Crippen molar-refractivity contribution in [2.24, 2.45) is 17.8 Å². The lowest BCUT2D eigenvalue weighted by molar-refractivity contribution is -0.151. The number of hydrogen-bond acceptors (Lipinski definition) is 7. The Bertz CT molecular complexity index is 898. The molecular weight excluding hydrogens is 562 g/mol.